The van der Waals surface area contributed by atoms with E-state index in [0.29, 0.717) is 13.0 Å². The van der Waals surface area contributed by atoms with E-state index in [4.69, 9.17) is 4.74 Å². The molecule has 1 N–H and O–H groups in total. The number of methoxy groups -OCH3 is 1. The molecule has 31 heavy (non-hydrogen) atoms. The fraction of sp³-hybridized carbons (Fsp3) is 0.480. The monoisotopic (exact) mass is 423 g/mol. The number of aryl methyl sites for hydroxylation is 1. The Morgan fingerprint density at radius 1 is 1.06 bits per heavy atom. The van der Waals surface area contributed by atoms with E-state index >= 15 is 0 Å². The minimum Gasteiger partial charge on any atom is -0.497 e. The van der Waals surface area contributed by atoms with Gasteiger partial charge in [0.1, 0.15) is 5.75 Å². The lowest BCUT2D eigenvalue weighted by atomic mass is 9.96. The van der Waals surface area contributed by atoms with Gasteiger partial charge in [-0.2, -0.15) is 0 Å². The van der Waals surface area contributed by atoms with Gasteiger partial charge in [-0.3, -0.25) is 9.69 Å². The Hall–Kier alpha value is -2.57. The van der Waals surface area contributed by atoms with Crippen molar-refractivity contribution in [1.29, 1.82) is 0 Å². The number of amides is 1. The molecular weight excluding hydrogens is 390 g/mol. The van der Waals surface area contributed by atoms with Crippen molar-refractivity contribution in [2.24, 2.45) is 0 Å². The predicted octanol–water partition coefficient (Wildman–Crippen LogP) is 3.24. The molecule has 1 saturated heterocycles. The van der Waals surface area contributed by atoms with Crippen LogP contribution in [0.15, 0.2) is 42.5 Å². The highest BCUT2D eigenvalue weighted by molar-refractivity contribution is 5.94. The molecule has 2 aliphatic heterocycles. The third-order valence-electron chi connectivity index (χ3n) is 6.45. The molecule has 1 unspecified atom stereocenters. The van der Waals surface area contributed by atoms with Gasteiger partial charge in [-0.15, -0.1) is 0 Å². The standard InChI is InChI=1S/C25H33N3O3/c1-3-25(30)28-12-4-5-19-17-20(6-11-23(19)28)24(29)18-26-13-15-27(16-14-26)21-7-9-22(31-2)10-8-21/h6-11,17,24,29H,3-5,12-16,18H2,1-2H3. The number of piperazine rings is 1. The van der Waals surface area contributed by atoms with Crippen molar-refractivity contribution >= 4 is 17.3 Å². The van der Waals surface area contributed by atoms with Crippen LogP contribution in [0.2, 0.25) is 0 Å². The van der Waals surface area contributed by atoms with Gasteiger partial charge in [0, 0.05) is 57.1 Å². The van der Waals surface area contributed by atoms with Gasteiger partial charge in [0.05, 0.1) is 13.2 Å². The van der Waals surface area contributed by atoms with E-state index in [9.17, 15) is 9.90 Å². The minimum atomic E-state index is -0.518. The van der Waals surface area contributed by atoms with Gasteiger partial charge in [0.2, 0.25) is 5.91 Å². The third kappa shape index (κ3) is 4.86. The van der Waals surface area contributed by atoms with Crippen LogP contribution in [0.25, 0.3) is 0 Å². The van der Waals surface area contributed by atoms with E-state index in [2.05, 4.69) is 28.0 Å². The van der Waals surface area contributed by atoms with Crippen LogP contribution in [0.3, 0.4) is 0 Å². The molecule has 166 valence electrons. The maximum absolute atomic E-state index is 12.2. The molecule has 6 nitrogen and oxygen atoms in total. The van der Waals surface area contributed by atoms with Gasteiger partial charge in [-0.05, 0) is 54.3 Å². The van der Waals surface area contributed by atoms with Crippen LogP contribution in [-0.2, 0) is 11.2 Å². The maximum Gasteiger partial charge on any atom is 0.226 e. The molecule has 0 spiro atoms. The van der Waals surface area contributed by atoms with E-state index in [1.54, 1.807) is 7.11 Å². The molecule has 0 aromatic heterocycles. The Morgan fingerprint density at radius 3 is 2.48 bits per heavy atom. The summed E-state index contributed by atoms with van der Waals surface area (Å²) >= 11 is 0. The molecule has 1 fully saturated rings. The van der Waals surface area contributed by atoms with E-state index in [1.165, 1.54) is 11.3 Å². The molecule has 0 bridgehead atoms. The number of benzene rings is 2. The number of anilines is 2. The summed E-state index contributed by atoms with van der Waals surface area (Å²) in [6, 6.07) is 14.3. The Labute approximate surface area is 185 Å². The van der Waals surface area contributed by atoms with Crippen LogP contribution >= 0.6 is 0 Å². The molecule has 0 aliphatic carbocycles. The topological polar surface area (TPSA) is 56.3 Å². The first-order valence-corrected chi connectivity index (χ1v) is 11.3. The lowest BCUT2D eigenvalue weighted by molar-refractivity contribution is -0.118. The molecule has 0 radical (unpaired) electrons. The number of ether oxygens (including phenoxy) is 1. The van der Waals surface area contributed by atoms with Crippen molar-refractivity contribution in [3.05, 3.63) is 53.6 Å². The van der Waals surface area contributed by atoms with Crippen LogP contribution in [0.1, 0.15) is 37.0 Å². The summed E-state index contributed by atoms with van der Waals surface area (Å²) in [7, 11) is 1.68. The second-order valence-electron chi connectivity index (χ2n) is 8.39. The summed E-state index contributed by atoms with van der Waals surface area (Å²) < 4.78 is 5.24. The highest BCUT2D eigenvalue weighted by atomic mass is 16.5. The summed E-state index contributed by atoms with van der Waals surface area (Å²) in [6.07, 6.45) is 1.94. The Bertz CT molecular complexity index is 891. The largest absolute Gasteiger partial charge is 0.497 e. The number of carbonyl (C=O) groups is 1. The molecule has 4 rings (SSSR count). The fourth-order valence-corrected chi connectivity index (χ4v) is 4.61. The summed E-state index contributed by atoms with van der Waals surface area (Å²) in [6.45, 7) is 7.06. The number of aliphatic hydroxyl groups is 1. The molecule has 2 aromatic rings. The summed E-state index contributed by atoms with van der Waals surface area (Å²) in [4.78, 5) is 18.8. The van der Waals surface area contributed by atoms with Gasteiger partial charge in [0.25, 0.3) is 0 Å². The van der Waals surface area contributed by atoms with Crippen LogP contribution in [-0.4, -0.2) is 62.3 Å². The number of aliphatic hydroxyl groups excluding tert-OH is 1. The Morgan fingerprint density at radius 2 is 1.81 bits per heavy atom. The second kappa shape index (κ2) is 9.71. The van der Waals surface area contributed by atoms with E-state index in [0.717, 1.165) is 62.6 Å². The fourth-order valence-electron chi connectivity index (χ4n) is 4.61. The molecule has 0 saturated carbocycles. The zero-order chi connectivity index (χ0) is 21.8. The molecule has 2 aliphatic rings. The smallest absolute Gasteiger partial charge is 0.226 e. The van der Waals surface area contributed by atoms with Crippen molar-refractivity contribution in [3.8, 4) is 5.75 Å². The lowest BCUT2D eigenvalue weighted by Gasteiger charge is -2.37. The Balaban J connectivity index is 1.35. The van der Waals surface area contributed by atoms with Crippen molar-refractivity contribution in [3.63, 3.8) is 0 Å². The number of rotatable bonds is 6. The zero-order valence-electron chi connectivity index (χ0n) is 18.6. The van der Waals surface area contributed by atoms with Crippen molar-refractivity contribution in [1.82, 2.24) is 4.90 Å². The van der Waals surface area contributed by atoms with E-state index in [-0.39, 0.29) is 5.91 Å². The minimum absolute atomic E-state index is 0.170. The van der Waals surface area contributed by atoms with Crippen LogP contribution < -0.4 is 14.5 Å². The first-order valence-electron chi connectivity index (χ1n) is 11.3. The molecule has 2 aromatic carbocycles. The Kier molecular flexibility index (Phi) is 6.78. The predicted molar refractivity (Wildman–Crippen MR) is 124 cm³/mol. The van der Waals surface area contributed by atoms with E-state index in [1.807, 2.05) is 36.1 Å². The quantitative estimate of drug-likeness (QED) is 0.773. The van der Waals surface area contributed by atoms with Crippen LogP contribution in [0.5, 0.6) is 5.75 Å². The number of fused-ring (bicyclic) bond motifs is 1. The first-order chi connectivity index (χ1) is 15.1. The lowest BCUT2D eigenvalue weighted by Crippen LogP contribution is -2.47. The number of β-amino-alcohol motifs (C(OH)–C–C–N with tert-alkyl or cyclic N) is 1. The van der Waals surface area contributed by atoms with Gasteiger partial charge in [-0.25, -0.2) is 0 Å². The third-order valence-corrected chi connectivity index (χ3v) is 6.45. The highest BCUT2D eigenvalue weighted by Gasteiger charge is 2.24. The van der Waals surface area contributed by atoms with Crippen LogP contribution in [0, 0.1) is 0 Å². The van der Waals surface area contributed by atoms with Crippen molar-refractivity contribution in [2.75, 3.05) is 56.2 Å². The highest BCUT2D eigenvalue weighted by Crippen LogP contribution is 2.31. The summed E-state index contributed by atoms with van der Waals surface area (Å²) in [5.74, 6) is 1.04. The summed E-state index contributed by atoms with van der Waals surface area (Å²) in [5.41, 5.74) is 4.35. The number of hydrogen-bond donors (Lipinski definition) is 1. The SMILES string of the molecule is CCC(=O)N1CCCc2cc(C(O)CN3CCN(c4ccc(OC)cc4)CC3)ccc21. The van der Waals surface area contributed by atoms with Gasteiger partial charge < -0.3 is 19.6 Å². The maximum atomic E-state index is 12.2. The van der Waals surface area contributed by atoms with Crippen LogP contribution in [0.4, 0.5) is 11.4 Å². The van der Waals surface area contributed by atoms with Gasteiger partial charge in [0.15, 0.2) is 0 Å². The molecule has 1 atom stereocenters. The number of nitrogens with zero attached hydrogens (tertiary/aromatic N) is 3. The van der Waals surface area contributed by atoms with E-state index < -0.39 is 6.10 Å². The first kappa shape index (κ1) is 21.7. The average molecular weight is 424 g/mol. The molecular formula is C25H33N3O3. The molecule has 2 heterocycles. The number of carbonyl (C=O) groups excluding carboxylic acids is 1. The molecule has 1 amide bonds. The normalized spacial score (nSPS) is 17.9. The van der Waals surface area contributed by atoms with Gasteiger partial charge >= 0.3 is 0 Å². The zero-order valence-corrected chi connectivity index (χ0v) is 18.6. The van der Waals surface area contributed by atoms with Crippen molar-refractivity contribution < 1.29 is 14.6 Å². The molecule has 6 heteroatoms. The van der Waals surface area contributed by atoms with Gasteiger partial charge in [-0.1, -0.05) is 19.1 Å². The number of hydrogen-bond acceptors (Lipinski definition) is 5. The average Bonchev–Trinajstić information content (AvgIpc) is 2.83. The second-order valence-corrected chi connectivity index (χ2v) is 8.39. The summed E-state index contributed by atoms with van der Waals surface area (Å²) in [5, 5.41) is 10.9. The van der Waals surface area contributed by atoms with Crippen molar-refractivity contribution in [2.45, 2.75) is 32.3 Å².